The van der Waals surface area contributed by atoms with Gasteiger partial charge in [-0.2, -0.15) is 0 Å². The van der Waals surface area contributed by atoms with E-state index in [4.69, 9.17) is 0 Å². The fourth-order valence-corrected chi connectivity index (χ4v) is 4.52. The standard InChI is InChI=1S/C22H34N2O2/c1-17(2)22(26)16-24(14-18(22)3)21(25)13-19-9-11-23(12-10-19)15-20-7-5-4-6-8-20/h4-8,17-19,26H,9-16H2,1-3H3/t18-,22-/m0/s1. The molecule has 0 aliphatic carbocycles. The van der Waals surface area contributed by atoms with Gasteiger partial charge < -0.3 is 10.0 Å². The van der Waals surface area contributed by atoms with Crippen LogP contribution < -0.4 is 0 Å². The molecule has 2 atom stereocenters. The first-order chi connectivity index (χ1) is 12.4. The zero-order valence-corrected chi connectivity index (χ0v) is 16.5. The van der Waals surface area contributed by atoms with Gasteiger partial charge in [-0.1, -0.05) is 51.1 Å². The third-order valence-corrected chi connectivity index (χ3v) is 6.56. The van der Waals surface area contributed by atoms with Crippen molar-refractivity contribution >= 4 is 5.91 Å². The predicted molar refractivity (Wildman–Crippen MR) is 105 cm³/mol. The Balaban J connectivity index is 1.45. The molecule has 4 heteroatoms. The van der Waals surface area contributed by atoms with Crippen molar-refractivity contribution in [2.24, 2.45) is 17.8 Å². The lowest BCUT2D eigenvalue weighted by molar-refractivity contribution is -0.132. The van der Waals surface area contributed by atoms with Gasteiger partial charge in [0, 0.05) is 32.0 Å². The topological polar surface area (TPSA) is 43.8 Å². The zero-order chi connectivity index (χ0) is 18.7. The summed E-state index contributed by atoms with van der Waals surface area (Å²) in [5.74, 6) is 1.04. The van der Waals surface area contributed by atoms with Crippen LogP contribution in [0.25, 0.3) is 0 Å². The second-order valence-corrected chi connectivity index (χ2v) is 8.73. The minimum Gasteiger partial charge on any atom is -0.387 e. The molecule has 1 aromatic rings. The van der Waals surface area contributed by atoms with E-state index in [2.05, 4.69) is 42.2 Å². The molecule has 0 bridgehead atoms. The van der Waals surface area contributed by atoms with Crippen LogP contribution in [0.5, 0.6) is 0 Å². The Kier molecular flexibility index (Phi) is 6.03. The number of piperidine rings is 1. The molecule has 2 heterocycles. The number of β-amino-alcohol motifs (C(OH)–C–C–N with tert-alkyl or cyclic N) is 1. The first kappa shape index (κ1) is 19.4. The number of rotatable bonds is 5. The summed E-state index contributed by atoms with van der Waals surface area (Å²) in [6.07, 6.45) is 2.83. The number of amides is 1. The van der Waals surface area contributed by atoms with Crippen molar-refractivity contribution in [3.05, 3.63) is 35.9 Å². The first-order valence-corrected chi connectivity index (χ1v) is 10.1. The fourth-order valence-electron chi connectivity index (χ4n) is 4.52. The summed E-state index contributed by atoms with van der Waals surface area (Å²) in [7, 11) is 0. The highest BCUT2D eigenvalue weighted by molar-refractivity contribution is 5.77. The first-order valence-electron chi connectivity index (χ1n) is 10.1. The Labute approximate surface area is 158 Å². The molecule has 0 unspecified atom stereocenters. The Bertz CT molecular complexity index is 595. The molecule has 2 aliphatic heterocycles. The second-order valence-electron chi connectivity index (χ2n) is 8.73. The van der Waals surface area contributed by atoms with Crippen LogP contribution in [-0.2, 0) is 11.3 Å². The van der Waals surface area contributed by atoms with Crippen LogP contribution in [0.2, 0.25) is 0 Å². The van der Waals surface area contributed by atoms with Crippen molar-refractivity contribution in [1.82, 2.24) is 9.80 Å². The molecule has 26 heavy (non-hydrogen) atoms. The molecule has 0 radical (unpaired) electrons. The minimum absolute atomic E-state index is 0.152. The Morgan fingerprint density at radius 2 is 1.88 bits per heavy atom. The van der Waals surface area contributed by atoms with Crippen LogP contribution in [0, 0.1) is 17.8 Å². The Morgan fingerprint density at radius 1 is 1.23 bits per heavy atom. The average Bonchev–Trinajstić information content (AvgIpc) is 2.94. The van der Waals surface area contributed by atoms with Crippen molar-refractivity contribution in [2.75, 3.05) is 26.2 Å². The van der Waals surface area contributed by atoms with Gasteiger partial charge in [0.2, 0.25) is 5.91 Å². The monoisotopic (exact) mass is 358 g/mol. The third kappa shape index (κ3) is 4.29. The van der Waals surface area contributed by atoms with Gasteiger partial charge in [-0.3, -0.25) is 9.69 Å². The maximum absolute atomic E-state index is 12.7. The molecule has 4 nitrogen and oxygen atoms in total. The normalized spacial score (nSPS) is 28.0. The molecule has 1 amide bonds. The highest BCUT2D eigenvalue weighted by Crippen LogP contribution is 2.34. The minimum atomic E-state index is -0.727. The van der Waals surface area contributed by atoms with Crippen molar-refractivity contribution < 1.29 is 9.90 Å². The van der Waals surface area contributed by atoms with Gasteiger partial charge in [-0.15, -0.1) is 0 Å². The summed E-state index contributed by atoms with van der Waals surface area (Å²) >= 11 is 0. The van der Waals surface area contributed by atoms with Crippen LogP contribution in [0.3, 0.4) is 0 Å². The molecular formula is C22H34N2O2. The van der Waals surface area contributed by atoms with Gasteiger partial charge in [0.05, 0.1) is 5.60 Å². The average molecular weight is 359 g/mol. The highest BCUT2D eigenvalue weighted by atomic mass is 16.3. The van der Waals surface area contributed by atoms with Crippen LogP contribution in [0.15, 0.2) is 30.3 Å². The van der Waals surface area contributed by atoms with E-state index >= 15 is 0 Å². The number of carbonyl (C=O) groups excluding carboxylic acids is 1. The van der Waals surface area contributed by atoms with E-state index in [0.29, 0.717) is 25.4 Å². The van der Waals surface area contributed by atoms with Gasteiger partial charge in [0.15, 0.2) is 0 Å². The van der Waals surface area contributed by atoms with Gasteiger partial charge in [0.1, 0.15) is 0 Å². The lowest BCUT2D eigenvalue weighted by Crippen LogP contribution is -2.43. The SMILES string of the molecule is CC(C)[C@@]1(O)CN(C(=O)CC2CCN(Cc3ccccc3)CC2)C[C@@H]1C. The fraction of sp³-hybridized carbons (Fsp3) is 0.682. The van der Waals surface area contributed by atoms with Crippen LogP contribution in [0.4, 0.5) is 0 Å². The summed E-state index contributed by atoms with van der Waals surface area (Å²) in [5, 5.41) is 10.8. The van der Waals surface area contributed by atoms with E-state index in [0.717, 1.165) is 32.5 Å². The third-order valence-electron chi connectivity index (χ3n) is 6.56. The van der Waals surface area contributed by atoms with Crippen LogP contribution >= 0.6 is 0 Å². The zero-order valence-electron chi connectivity index (χ0n) is 16.5. The largest absolute Gasteiger partial charge is 0.387 e. The molecule has 2 fully saturated rings. The van der Waals surface area contributed by atoms with Gasteiger partial charge in [-0.05, 0) is 43.3 Å². The molecule has 1 aromatic carbocycles. The van der Waals surface area contributed by atoms with Crippen LogP contribution in [0.1, 0.15) is 45.6 Å². The maximum Gasteiger partial charge on any atom is 0.222 e. The van der Waals surface area contributed by atoms with E-state index in [9.17, 15) is 9.90 Å². The number of hydrogen-bond donors (Lipinski definition) is 1. The van der Waals surface area contributed by atoms with Crippen molar-refractivity contribution in [3.8, 4) is 0 Å². The van der Waals surface area contributed by atoms with Gasteiger partial charge in [0.25, 0.3) is 0 Å². The Hall–Kier alpha value is -1.39. The van der Waals surface area contributed by atoms with E-state index in [1.54, 1.807) is 0 Å². The van der Waals surface area contributed by atoms with E-state index in [1.165, 1.54) is 5.56 Å². The van der Waals surface area contributed by atoms with Gasteiger partial charge >= 0.3 is 0 Å². The lowest BCUT2D eigenvalue weighted by atomic mass is 9.82. The second kappa shape index (κ2) is 8.10. The van der Waals surface area contributed by atoms with E-state index in [-0.39, 0.29) is 17.7 Å². The molecule has 2 aliphatic rings. The van der Waals surface area contributed by atoms with E-state index in [1.807, 2.05) is 18.7 Å². The highest BCUT2D eigenvalue weighted by Gasteiger charge is 2.46. The number of carbonyl (C=O) groups is 1. The van der Waals surface area contributed by atoms with E-state index < -0.39 is 5.60 Å². The number of likely N-dealkylation sites (tertiary alicyclic amines) is 2. The molecule has 3 rings (SSSR count). The molecular weight excluding hydrogens is 324 g/mol. The summed E-state index contributed by atoms with van der Waals surface area (Å²) in [4.78, 5) is 17.1. The summed E-state index contributed by atoms with van der Waals surface area (Å²) in [6, 6.07) is 10.6. The van der Waals surface area contributed by atoms with Crippen molar-refractivity contribution in [3.63, 3.8) is 0 Å². The quantitative estimate of drug-likeness (QED) is 0.879. The molecule has 2 saturated heterocycles. The number of aliphatic hydroxyl groups is 1. The van der Waals surface area contributed by atoms with Crippen LogP contribution in [-0.4, -0.2) is 52.6 Å². The Morgan fingerprint density at radius 3 is 2.46 bits per heavy atom. The van der Waals surface area contributed by atoms with Crippen molar-refractivity contribution in [2.45, 2.75) is 52.2 Å². The molecule has 0 aromatic heterocycles. The summed E-state index contributed by atoms with van der Waals surface area (Å²) in [6.45, 7) is 10.5. The number of nitrogens with zero attached hydrogens (tertiary/aromatic N) is 2. The smallest absolute Gasteiger partial charge is 0.222 e. The summed E-state index contributed by atoms with van der Waals surface area (Å²) in [5.41, 5.74) is 0.635. The summed E-state index contributed by atoms with van der Waals surface area (Å²) < 4.78 is 0. The van der Waals surface area contributed by atoms with Gasteiger partial charge in [-0.25, -0.2) is 0 Å². The maximum atomic E-state index is 12.7. The number of benzene rings is 1. The molecule has 0 saturated carbocycles. The van der Waals surface area contributed by atoms with Crippen molar-refractivity contribution in [1.29, 1.82) is 0 Å². The molecule has 144 valence electrons. The lowest BCUT2D eigenvalue weighted by Gasteiger charge is -2.33. The predicted octanol–water partition coefficient (Wildman–Crippen LogP) is 3.15. The number of hydrogen-bond acceptors (Lipinski definition) is 3. The molecule has 0 spiro atoms. The molecule has 1 N–H and O–H groups in total.